The molecule has 5 nitrogen and oxygen atoms in total. The highest BCUT2D eigenvalue weighted by Gasteiger charge is 2.10. The molecule has 2 aromatic heterocycles. The number of hydrogen-bond donors (Lipinski definition) is 0. The van der Waals surface area contributed by atoms with Gasteiger partial charge in [0.05, 0.1) is 17.7 Å². The number of nitrogens with zero attached hydrogens (tertiary/aromatic N) is 4. The molecule has 0 aromatic carbocycles. The van der Waals surface area contributed by atoms with Crippen LogP contribution in [0.4, 0.5) is 5.82 Å². The Balaban J connectivity index is 2.14. The van der Waals surface area contributed by atoms with E-state index in [1.807, 2.05) is 31.3 Å². The Hall–Kier alpha value is -1.24. The molecule has 0 unspecified atom stereocenters. The van der Waals surface area contributed by atoms with Crippen LogP contribution in [0.15, 0.2) is 11.6 Å². The van der Waals surface area contributed by atoms with Gasteiger partial charge in [0.1, 0.15) is 17.6 Å². The molecule has 0 fully saturated rings. The molecule has 0 aliphatic rings. The van der Waals surface area contributed by atoms with E-state index in [0.29, 0.717) is 24.2 Å². The molecule has 20 heavy (non-hydrogen) atoms. The van der Waals surface area contributed by atoms with Crippen molar-refractivity contribution < 1.29 is 4.74 Å². The molecule has 0 aliphatic carbocycles. The van der Waals surface area contributed by atoms with Gasteiger partial charge >= 0.3 is 0 Å². The summed E-state index contributed by atoms with van der Waals surface area (Å²) in [7, 11) is 1.97. The molecule has 2 rings (SSSR count). The highest BCUT2D eigenvalue weighted by Crippen LogP contribution is 2.20. The number of aromatic nitrogens is 3. The van der Waals surface area contributed by atoms with Gasteiger partial charge in [-0.2, -0.15) is 0 Å². The summed E-state index contributed by atoms with van der Waals surface area (Å²) in [5, 5.41) is 0.428. The van der Waals surface area contributed by atoms with Crippen LogP contribution in [0.2, 0.25) is 5.15 Å². The Bertz CT molecular complexity index is 575. The topological polar surface area (TPSA) is 51.1 Å². The smallest absolute Gasteiger partial charge is 0.158 e. The van der Waals surface area contributed by atoms with Crippen molar-refractivity contribution >= 4 is 28.8 Å². The largest absolute Gasteiger partial charge is 0.374 e. The van der Waals surface area contributed by atoms with E-state index in [1.54, 1.807) is 17.4 Å². The SMILES string of the molecule is CCOCc1nc(Cl)cc(N(C)Cc2scnc2C)n1. The van der Waals surface area contributed by atoms with Crippen molar-refractivity contribution in [1.82, 2.24) is 15.0 Å². The fraction of sp³-hybridized carbons (Fsp3) is 0.462. The summed E-state index contributed by atoms with van der Waals surface area (Å²) in [6.45, 7) is 5.69. The first-order valence-electron chi connectivity index (χ1n) is 6.31. The second-order valence-electron chi connectivity index (χ2n) is 4.32. The van der Waals surface area contributed by atoms with Crippen LogP contribution in [-0.4, -0.2) is 28.6 Å². The van der Waals surface area contributed by atoms with Gasteiger partial charge in [0.15, 0.2) is 5.82 Å². The van der Waals surface area contributed by atoms with Crippen LogP contribution in [0, 0.1) is 6.92 Å². The lowest BCUT2D eigenvalue weighted by Crippen LogP contribution is -2.18. The molecule has 0 saturated carbocycles. The van der Waals surface area contributed by atoms with E-state index in [0.717, 1.165) is 18.1 Å². The lowest BCUT2D eigenvalue weighted by molar-refractivity contribution is 0.128. The molecule has 2 heterocycles. The molecule has 0 atom stereocenters. The van der Waals surface area contributed by atoms with Gasteiger partial charge in [-0.1, -0.05) is 11.6 Å². The number of thiazole rings is 1. The molecule has 0 radical (unpaired) electrons. The van der Waals surface area contributed by atoms with Gasteiger partial charge in [-0.15, -0.1) is 11.3 Å². The van der Waals surface area contributed by atoms with E-state index in [1.165, 1.54) is 4.88 Å². The zero-order valence-corrected chi connectivity index (χ0v) is 13.3. The first-order valence-corrected chi connectivity index (χ1v) is 7.57. The summed E-state index contributed by atoms with van der Waals surface area (Å²) in [5.74, 6) is 1.38. The van der Waals surface area contributed by atoms with Crippen LogP contribution in [0.3, 0.4) is 0 Å². The summed E-state index contributed by atoms with van der Waals surface area (Å²) < 4.78 is 5.32. The second-order valence-corrected chi connectivity index (χ2v) is 5.65. The van der Waals surface area contributed by atoms with Gasteiger partial charge in [0.2, 0.25) is 0 Å². The maximum Gasteiger partial charge on any atom is 0.158 e. The van der Waals surface area contributed by atoms with Crippen molar-refractivity contribution in [3.8, 4) is 0 Å². The minimum atomic E-state index is 0.373. The third-order valence-electron chi connectivity index (χ3n) is 2.78. The summed E-state index contributed by atoms with van der Waals surface area (Å²) in [6.07, 6.45) is 0. The molecule has 0 bridgehead atoms. The van der Waals surface area contributed by atoms with Crippen molar-refractivity contribution in [2.24, 2.45) is 0 Å². The molecule has 0 amide bonds. The van der Waals surface area contributed by atoms with Crippen LogP contribution >= 0.6 is 22.9 Å². The Morgan fingerprint density at radius 1 is 1.40 bits per heavy atom. The molecule has 0 N–H and O–H groups in total. The minimum Gasteiger partial charge on any atom is -0.374 e. The minimum absolute atomic E-state index is 0.373. The molecule has 7 heteroatoms. The Labute approximate surface area is 127 Å². The average molecular weight is 313 g/mol. The molecular formula is C13H17ClN4OS. The highest BCUT2D eigenvalue weighted by atomic mass is 35.5. The van der Waals surface area contributed by atoms with Crippen molar-refractivity contribution in [2.75, 3.05) is 18.6 Å². The molecule has 0 saturated heterocycles. The normalized spacial score (nSPS) is 10.8. The van der Waals surface area contributed by atoms with E-state index in [9.17, 15) is 0 Å². The predicted molar refractivity (Wildman–Crippen MR) is 81.3 cm³/mol. The first kappa shape index (κ1) is 15.2. The number of anilines is 1. The summed E-state index contributed by atoms with van der Waals surface area (Å²) in [6, 6.07) is 1.76. The van der Waals surface area contributed by atoms with Crippen molar-refractivity contribution in [1.29, 1.82) is 0 Å². The fourth-order valence-corrected chi connectivity index (χ4v) is 2.70. The highest BCUT2D eigenvalue weighted by molar-refractivity contribution is 7.09. The van der Waals surface area contributed by atoms with E-state index >= 15 is 0 Å². The van der Waals surface area contributed by atoms with Crippen LogP contribution in [0.25, 0.3) is 0 Å². The zero-order chi connectivity index (χ0) is 14.5. The Kier molecular flexibility index (Phi) is 5.28. The number of aryl methyl sites for hydroxylation is 1. The third-order valence-corrected chi connectivity index (χ3v) is 3.89. The van der Waals surface area contributed by atoms with Crippen molar-refractivity contribution in [2.45, 2.75) is 27.0 Å². The average Bonchev–Trinajstić information content (AvgIpc) is 2.81. The molecule has 0 aliphatic heterocycles. The van der Waals surface area contributed by atoms with Gasteiger partial charge < -0.3 is 9.64 Å². The standard InChI is InChI=1S/C13H17ClN4OS/c1-4-19-7-12-16-11(14)5-13(17-12)18(3)6-10-9(2)15-8-20-10/h5,8H,4,6-7H2,1-3H3. The van der Waals surface area contributed by atoms with Crippen molar-refractivity contribution in [3.63, 3.8) is 0 Å². The van der Waals surface area contributed by atoms with Gasteiger partial charge in [0.25, 0.3) is 0 Å². The Morgan fingerprint density at radius 2 is 2.20 bits per heavy atom. The van der Waals surface area contributed by atoms with Crippen LogP contribution < -0.4 is 4.90 Å². The number of hydrogen-bond acceptors (Lipinski definition) is 6. The predicted octanol–water partition coefficient (Wildman–Crippen LogP) is 3.07. The third kappa shape index (κ3) is 3.88. The van der Waals surface area contributed by atoms with Crippen molar-refractivity contribution in [3.05, 3.63) is 33.1 Å². The monoisotopic (exact) mass is 312 g/mol. The summed E-state index contributed by atoms with van der Waals surface area (Å²) in [4.78, 5) is 16.1. The quantitative estimate of drug-likeness (QED) is 0.767. The lowest BCUT2D eigenvalue weighted by atomic mass is 10.3. The fourth-order valence-electron chi connectivity index (χ4n) is 1.68. The number of ether oxygens (including phenoxy) is 1. The van der Waals surface area contributed by atoms with Gasteiger partial charge in [0, 0.05) is 24.6 Å². The van der Waals surface area contributed by atoms with E-state index in [4.69, 9.17) is 16.3 Å². The first-order chi connectivity index (χ1) is 9.60. The number of halogens is 1. The lowest BCUT2D eigenvalue weighted by Gasteiger charge is -2.18. The molecule has 0 spiro atoms. The number of rotatable bonds is 6. The molecule has 2 aromatic rings. The summed E-state index contributed by atoms with van der Waals surface area (Å²) in [5.41, 5.74) is 2.91. The second kappa shape index (κ2) is 6.97. The van der Waals surface area contributed by atoms with E-state index < -0.39 is 0 Å². The maximum absolute atomic E-state index is 6.04. The van der Waals surface area contributed by atoms with Gasteiger partial charge in [-0.25, -0.2) is 15.0 Å². The summed E-state index contributed by atoms with van der Waals surface area (Å²) >= 11 is 7.68. The zero-order valence-electron chi connectivity index (χ0n) is 11.8. The maximum atomic E-state index is 6.04. The Morgan fingerprint density at radius 3 is 2.85 bits per heavy atom. The molecular weight excluding hydrogens is 296 g/mol. The van der Waals surface area contributed by atoms with Gasteiger partial charge in [-0.05, 0) is 13.8 Å². The van der Waals surface area contributed by atoms with E-state index in [-0.39, 0.29) is 0 Å². The van der Waals surface area contributed by atoms with E-state index in [2.05, 4.69) is 15.0 Å². The van der Waals surface area contributed by atoms with Gasteiger partial charge in [-0.3, -0.25) is 0 Å². The molecule has 108 valence electrons. The van der Waals surface area contributed by atoms with Crippen LogP contribution in [-0.2, 0) is 17.9 Å². The van der Waals surface area contributed by atoms with Crippen LogP contribution in [0.1, 0.15) is 23.3 Å². The van der Waals surface area contributed by atoms with Crippen LogP contribution in [0.5, 0.6) is 0 Å².